The molecule has 0 aliphatic heterocycles. The van der Waals surface area contributed by atoms with Crippen molar-refractivity contribution in [1.29, 1.82) is 0 Å². The van der Waals surface area contributed by atoms with Gasteiger partial charge in [-0.05, 0) is 13.0 Å². The summed E-state index contributed by atoms with van der Waals surface area (Å²) in [5.74, 6) is 0.958. The summed E-state index contributed by atoms with van der Waals surface area (Å²) in [6, 6.07) is 8.05. The van der Waals surface area contributed by atoms with Crippen LogP contribution in [0.1, 0.15) is 12.5 Å². The number of benzene rings is 1. The molecule has 0 aliphatic rings. The monoisotopic (exact) mass is 194 g/mol. The van der Waals surface area contributed by atoms with E-state index in [4.69, 9.17) is 10.5 Å². The van der Waals surface area contributed by atoms with Crippen molar-refractivity contribution >= 4 is 0 Å². The van der Waals surface area contributed by atoms with Crippen LogP contribution in [0.2, 0.25) is 0 Å². The van der Waals surface area contributed by atoms with Crippen molar-refractivity contribution in [3.05, 3.63) is 29.8 Å². The first-order valence-electron chi connectivity index (χ1n) is 5.00. The number of ether oxygens (including phenoxy) is 1. The fourth-order valence-electron chi connectivity index (χ4n) is 1.27. The third kappa shape index (κ3) is 3.36. The van der Waals surface area contributed by atoms with E-state index in [1.165, 1.54) is 5.56 Å². The van der Waals surface area contributed by atoms with E-state index in [2.05, 4.69) is 11.4 Å². The SMILES string of the molecule is CCOc1ccccc1CNCCN. The van der Waals surface area contributed by atoms with Crippen molar-refractivity contribution in [2.75, 3.05) is 19.7 Å². The van der Waals surface area contributed by atoms with Crippen molar-refractivity contribution in [2.24, 2.45) is 5.73 Å². The van der Waals surface area contributed by atoms with Crippen LogP contribution in [0, 0.1) is 0 Å². The smallest absolute Gasteiger partial charge is 0.123 e. The minimum atomic E-state index is 0.663. The molecule has 1 aromatic carbocycles. The van der Waals surface area contributed by atoms with E-state index in [0.717, 1.165) is 18.8 Å². The Balaban J connectivity index is 2.55. The van der Waals surface area contributed by atoms with Gasteiger partial charge in [-0.1, -0.05) is 18.2 Å². The summed E-state index contributed by atoms with van der Waals surface area (Å²) < 4.78 is 5.50. The van der Waals surface area contributed by atoms with E-state index in [9.17, 15) is 0 Å². The van der Waals surface area contributed by atoms with Gasteiger partial charge in [0.25, 0.3) is 0 Å². The van der Waals surface area contributed by atoms with Crippen molar-refractivity contribution in [1.82, 2.24) is 5.32 Å². The number of rotatable bonds is 6. The molecule has 0 saturated carbocycles. The largest absolute Gasteiger partial charge is 0.494 e. The van der Waals surface area contributed by atoms with Crippen LogP contribution in [-0.2, 0) is 6.54 Å². The summed E-state index contributed by atoms with van der Waals surface area (Å²) in [7, 11) is 0. The van der Waals surface area contributed by atoms with Crippen molar-refractivity contribution in [3.63, 3.8) is 0 Å². The highest BCUT2D eigenvalue weighted by Crippen LogP contribution is 2.17. The molecule has 0 saturated heterocycles. The van der Waals surface area contributed by atoms with Gasteiger partial charge in [0.05, 0.1) is 6.61 Å². The van der Waals surface area contributed by atoms with Crippen LogP contribution in [0.15, 0.2) is 24.3 Å². The Labute approximate surface area is 85.3 Å². The Morgan fingerprint density at radius 3 is 2.86 bits per heavy atom. The first-order valence-corrected chi connectivity index (χ1v) is 5.00. The number of hydrogen-bond donors (Lipinski definition) is 2. The van der Waals surface area contributed by atoms with E-state index in [1.807, 2.05) is 25.1 Å². The second-order valence-electron chi connectivity index (χ2n) is 3.01. The highest BCUT2D eigenvalue weighted by atomic mass is 16.5. The lowest BCUT2D eigenvalue weighted by atomic mass is 10.2. The molecule has 0 unspecified atom stereocenters. The lowest BCUT2D eigenvalue weighted by molar-refractivity contribution is 0.335. The van der Waals surface area contributed by atoms with Gasteiger partial charge in [0.15, 0.2) is 0 Å². The van der Waals surface area contributed by atoms with E-state index in [-0.39, 0.29) is 0 Å². The average Bonchev–Trinajstić information content (AvgIpc) is 2.21. The molecule has 1 rings (SSSR count). The van der Waals surface area contributed by atoms with Crippen molar-refractivity contribution in [3.8, 4) is 5.75 Å². The number of para-hydroxylation sites is 1. The molecule has 3 N–H and O–H groups in total. The van der Waals surface area contributed by atoms with Gasteiger partial charge in [0.1, 0.15) is 5.75 Å². The van der Waals surface area contributed by atoms with Crippen molar-refractivity contribution in [2.45, 2.75) is 13.5 Å². The molecule has 0 bridgehead atoms. The minimum absolute atomic E-state index is 0.663. The molecular weight excluding hydrogens is 176 g/mol. The highest BCUT2D eigenvalue weighted by molar-refractivity contribution is 5.33. The molecule has 78 valence electrons. The molecule has 0 radical (unpaired) electrons. The molecule has 3 nitrogen and oxygen atoms in total. The maximum atomic E-state index is 5.50. The Hall–Kier alpha value is -1.06. The summed E-state index contributed by atoms with van der Waals surface area (Å²) in [6.07, 6.45) is 0. The van der Waals surface area contributed by atoms with Crippen LogP contribution < -0.4 is 15.8 Å². The quantitative estimate of drug-likeness (QED) is 0.667. The van der Waals surface area contributed by atoms with E-state index >= 15 is 0 Å². The van der Waals surface area contributed by atoms with Gasteiger partial charge in [0.2, 0.25) is 0 Å². The van der Waals surface area contributed by atoms with Gasteiger partial charge in [-0.15, -0.1) is 0 Å². The summed E-state index contributed by atoms with van der Waals surface area (Å²) >= 11 is 0. The zero-order valence-electron chi connectivity index (χ0n) is 8.62. The fourth-order valence-corrected chi connectivity index (χ4v) is 1.27. The standard InChI is InChI=1S/C11H18N2O/c1-2-14-11-6-4-3-5-10(11)9-13-8-7-12/h3-6,13H,2,7-9,12H2,1H3. The van der Waals surface area contributed by atoms with Gasteiger partial charge in [-0.25, -0.2) is 0 Å². The topological polar surface area (TPSA) is 47.3 Å². The van der Waals surface area contributed by atoms with Crippen LogP contribution in [0.3, 0.4) is 0 Å². The summed E-state index contributed by atoms with van der Waals surface area (Å²) in [4.78, 5) is 0. The zero-order valence-corrected chi connectivity index (χ0v) is 8.62. The Kier molecular flexibility index (Phi) is 5.04. The minimum Gasteiger partial charge on any atom is -0.494 e. The van der Waals surface area contributed by atoms with Gasteiger partial charge >= 0.3 is 0 Å². The lowest BCUT2D eigenvalue weighted by Crippen LogP contribution is -2.22. The maximum absolute atomic E-state index is 5.50. The third-order valence-electron chi connectivity index (χ3n) is 1.91. The number of nitrogens with one attached hydrogen (secondary N) is 1. The molecule has 1 aromatic rings. The summed E-state index contributed by atoms with van der Waals surface area (Å²) in [5, 5.41) is 3.25. The van der Waals surface area contributed by atoms with Crippen LogP contribution in [0.5, 0.6) is 5.75 Å². The van der Waals surface area contributed by atoms with Gasteiger partial charge in [0, 0.05) is 25.2 Å². The molecule has 0 amide bonds. The van der Waals surface area contributed by atoms with E-state index < -0.39 is 0 Å². The molecule has 0 aromatic heterocycles. The Bertz CT molecular complexity index is 263. The second-order valence-corrected chi connectivity index (χ2v) is 3.01. The van der Waals surface area contributed by atoms with E-state index in [1.54, 1.807) is 0 Å². The normalized spacial score (nSPS) is 10.1. The Morgan fingerprint density at radius 1 is 1.36 bits per heavy atom. The van der Waals surface area contributed by atoms with E-state index in [0.29, 0.717) is 13.2 Å². The van der Waals surface area contributed by atoms with Crippen molar-refractivity contribution < 1.29 is 4.74 Å². The first kappa shape index (κ1) is 11.0. The fraction of sp³-hybridized carbons (Fsp3) is 0.455. The van der Waals surface area contributed by atoms with Gasteiger partial charge in [-0.2, -0.15) is 0 Å². The maximum Gasteiger partial charge on any atom is 0.123 e. The average molecular weight is 194 g/mol. The third-order valence-corrected chi connectivity index (χ3v) is 1.91. The molecule has 0 fully saturated rings. The van der Waals surface area contributed by atoms with Crippen LogP contribution in [0.25, 0.3) is 0 Å². The molecular formula is C11H18N2O. The molecule has 3 heteroatoms. The number of nitrogens with two attached hydrogens (primary N) is 1. The first-order chi connectivity index (χ1) is 6.88. The Morgan fingerprint density at radius 2 is 2.14 bits per heavy atom. The van der Waals surface area contributed by atoms with Crippen LogP contribution in [0.4, 0.5) is 0 Å². The van der Waals surface area contributed by atoms with Crippen LogP contribution >= 0.6 is 0 Å². The van der Waals surface area contributed by atoms with Crippen LogP contribution in [-0.4, -0.2) is 19.7 Å². The lowest BCUT2D eigenvalue weighted by Gasteiger charge is -2.10. The predicted molar refractivity (Wildman–Crippen MR) is 58.4 cm³/mol. The zero-order chi connectivity index (χ0) is 10.2. The molecule has 0 spiro atoms. The molecule has 0 atom stereocenters. The highest BCUT2D eigenvalue weighted by Gasteiger charge is 2.00. The number of hydrogen-bond acceptors (Lipinski definition) is 3. The molecule has 0 heterocycles. The molecule has 0 aliphatic carbocycles. The van der Waals surface area contributed by atoms with Gasteiger partial charge < -0.3 is 15.8 Å². The van der Waals surface area contributed by atoms with Gasteiger partial charge in [-0.3, -0.25) is 0 Å². The second kappa shape index (κ2) is 6.40. The molecule has 14 heavy (non-hydrogen) atoms. The summed E-state index contributed by atoms with van der Waals surface area (Å²) in [6.45, 7) is 5.00. The summed E-state index contributed by atoms with van der Waals surface area (Å²) in [5.41, 5.74) is 6.58. The predicted octanol–water partition coefficient (Wildman–Crippen LogP) is 1.13.